The molecule has 2 N–H and O–H groups in total. The number of benzene rings is 1. The summed E-state index contributed by atoms with van der Waals surface area (Å²) in [6, 6.07) is 9.37. The third-order valence-electron chi connectivity index (χ3n) is 3.12. The predicted molar refractivity (Wildman–Crippen MR) is 79.2 cm³/mol. The van der Waals surface area contributed by atoms with Crippen LogP contribution in [0.1, 0.15) is 46.2 Å². The standard InChI is InChI=1S/C16H18N2O2/c1-2-3-4-12-5-7-14(8-6-12)18-16(20)15-9-13(11-19)10-17-15/h5-11,17H,2-4H2,1H3,(H,18,20). The molecule has 104 valence electrons. The van der Waals surface area contributed by atoms with E-state index in [1.54, 1.807) is 0 Å². The van der Waals surface area contributed by atoms with Crippen LogP contribution in [0.2, 0.25) is 0 Å². The van der Waals surface area contributed by atoms with Crippen molar-refractivity contribution in [2.75, 3.05) is 5.32 Å². The minimum absolute atomic E-state index is 0.251. The number of H-pyrrole nitrogens is 1. The first-order chi connectivity index (χ1) is 9.72. The summed E-state index contributed by atoms with van der Waals surface area (Å²) in [7, 11) is 0. The lowest BCUT2D eigenvalue weighted by molar-refractivity contribution is 0.102. The monoisotopic (exact) mass is 270 g/mol. The molecular weight excluding hydrogens is 252 g/mol. The van der Waals surface area contributed by atoms with Gasteiger partial charge in [-0.25, -0.2) is 0 Å². The molecule has 0 radical (unpaired) electrons. The molecule has 1 aromatic carbocycles. The fourth-order valence-corrected chi connectivity index (χ4v) is 1.94. The van der Waals surface area contributed by atoms with Crippen LogP contribution in [0.4, 0.5) is 5.69 Å². The van der Waals surface area contributed by atoms with Gasteiger partial charge in [-0.3, -0.25) is 9.59 Å². The molecule has 1 amide bonds. The largest absolute Gasteiger partial charge is 0.356 e. The summed E-state index contributed by atoms with van der Waals surface area (Å²) in [5, 5.41) is 2.79. The lowest BCUT2D eigenvalue weighted by Crippen LogP contribution is -2.12. The average Bonchev–Trinajstić information content (AvgIpc) is 2.95. The number of rotatable bonds is 6. The molecule has 1 heterocycles. The van der Waals surface area contributed by atoms with Gasteiger partial charge in [-0.2, -0.15) is 0 Å². The molecule has 0 spiro atoms. The highest BCUT2D eigenvalue weighted by Crippen LogP contribution is 2.13. The molecular formula is C16H18N2O2. The number of aryl methyl sites for hydroxylation is 1. The highest BCUT2D eigenvalue weighted by atomic mass is 16.2. The Bertz CT molecular complexity index is 585. The summed E-state index contributed by atoms with van der Waals surface area (Å²) >= 11 is 0. The number of carbonyl (C=O) groups excluding carboxylic acids is 2. The van der Waals surface area contributed by atoms with E-state index >= 15 is 0 Å². The Labute approximate surface area is 118 Å². The molecule has 4 heteroatoms. The van der Waals surface area contributed by atoms with Crippen molar-refractivity contribution in [3.8, 4) is 0 Å². The van der Waals surface area contributed by atoms with Gasteiger partial charge in [0.25, 0.3) is 5.91 Å². The fraction of sp³-hybridized carbons (Fsp3) is 0.250. The van der Waals surface area contributed by atoms with Gasteiger partial charge in [0.2, 0.25) is 0 Å². The molecule has 0 atom stereocenters. The Morgan fingerprint density at radius 1 is 1.30 bits per heavy atom. The maximum atomic E-state index is 11.9. The third-order valence-corrected chi connectivity index (χ3v) is 3.12. The molecule has 0 aliphatic carbocycles. The van der Waals surface area contributed by atoms with Gasteiger partial charge in [-0.1, -0.05) is 25.5 Å². The zero-order chi connectivity index (χ0) is 14.4. The van der Waals surface area contributed by atoms with Crippen molar-refractivity contribution in [1.29, 1.82) is 0 Å². The second-order valence-electron chi connectivity index (χ2n) is 4.72. The van der Waals surface area contributed by atoms with Crippen molar-refractivity contribution < 1.29 is 9.59 Å². The zero-order valence-electron chi connectivity index (χ0n) is 11.5. The van der Waals surface area contributed by atoms with E-state index in [4.69, 9.17) is 0 Å². The molecule has 0 fully saturated rings. The molecule has 0 aliphatic heterocycles. The number of hydrogen-bond acceptors (Lipinski definition) is 2. The molecule has 20 heavy (non-hydrogen) atoms. The number of aromatic amines is 1. The summed E-state index contributed by atoms with van der Waals surface area (Å²) in [5.41, 5.74) is 2.86. The second kappa shape index (κ2) is 6.70. The summed E-state index contributed by atoms with van der Waals surface area (Å²) in [6.07, 6.45) is 5.61. The van der Waals surface area contributed by atoms with Crippen molar-refractivity contribution in [1.82, 2.24) is 4.98 Å². The van der Waals surface area contributed by atoms with Crippen LogP contribution in [-0.2, 0) is 6.42 Å². The lowest BCUT2D eigenvalue weighted by Gasteiger charge is -2.05. The first kappa shape index (κ1) is 14.1. The highest BCUT2D eigenvalue weighted by Gasteiger charge is 2.08. The normalized spacial score (nSPS) is 10.2. The lowest BCUT2D eigenvalue weighted by atomic mass is 10.1. The van der Waals surface area contributed by atoms with Crippen molar-refractivity contribution >= 4 is 17.9 Å². The van der Waals surface area contributed by atoms with Crippen molar-refractivity contribution in [3.63, 3.8) is 0 Å². The number of amides is 1. The zero-order valence-corrected chi connectivity index (χ0v) is 11.5. The van der Waals surface area contributed by atoms with Gasteiger partial charge in [-0.05, 0) is 36.6 Å². The average molecular weight is 270 g/mol. The van der Waals surface area contributed by atoms with Gasteiger partial charge in [0.15, 0.2) is 6.29 Å². The van der Waals surface area contributed by atoms with E-state index in [1.807, 2.05) is 24.3 Å². The van der Waals surface area contributed by atoms with Crippen molar-refractivity contribution in [3.05, 3.63) is 53.3 Å². The number of aromatic nitrogens is 1. The van der Waals surface area contributed by atoms with E-state index in [2.05, 4.69) is 17.2 Å². The van der Waals surface area contributed by atoms with E-state index < -0.39 is 0 Å². The highest BCUT2D eigenvalue weighted by molar-refractivity contribution is 6.03. The van der Waals surface area contributed by atoms with Gasteiger partial charge >= 0.3 is 0 Å². The SMILES string of the molecule is CCCCc1ccc(NC(=O)c2cc(C=O)c[nH]2)cc1. The topological polar surface area (TPSA) is 62.0 Å². The van der Waals surface area contributed by atoms with Gasteiger partial charge < -0.3 is 10.3 Å². The fourth-order valence-electron chi connectivity index (χ4n) is 1.94. The smallest absolute Gasteiger partial charge is 0.272 e. The summed E-state index contributed by atoms with van der Waals surface area (Å²) in [5.74, 6) is -0.251. The van der Waals surface area contributed by atoms with Crippen LogP contribution in [0.15, 0.2) is 36.5 Å². The molecule has 1 aromatic heterocycles. The summed E-state index contributed by atoms with van der Waals surface area (Å²) in [4.78, 5) is 25.3. The maximum absolute atomic E-state index is 11.9. The van der Waals surface area contributed by atoms with E-state index in [-0.39, 0.29) is 5.91 Å². The minimum atomic E-state index is -0.251. The Balaban J connectivity index is 1.98. The van der Waals surface area contributed by atoms with Gasteiger partial charge in [-0.15, -0.1) is 0 Å². The van der Waals surface area contributed by atoms with Crippen LogP contribution in [0.25, 0.3) is 0 Å². The number of anilines is 1. The molecule has 4 nitrogen and oxygen atoms in total. The number of unbranched alkanes of at least 4 members (excludes halogenated alkanes) is 1. The Morgan fingerprint density at radius 2 is 2.05 bits per heavy atom. The number of nitrogens with one attached hydrogen (secondary N) is 2. The van der Waals surface area contributed by atoms with Crippen LogP contribution in [-0.4, -0.2) is 17.2 Å². The van der Waals surface area contributed by atoms with Crippen molar-refractivity contribution in [2.24, 2.45) is 0 Å². The first-order valence-corrected chi connectivity index (χ1v) is 6.77. The Kier molecular flexibility index (Phi) is 4.71. The van der Waals surface area contributed by atoms with E-state index in [0.29, 0.717) is 17.5 Å². The molecule has 0 saturated heterocycles. The third kappa shape index (κ3) is 3.57. The summed E-state index contributed by atoms with van der Waals surface area (Å²) in [6.45, 7) is 2.17. The number of hydrogen-bond donors (Lipinski definition) is 2. The van der Waals surface area contributed by atoms with Crippen LogP contribution >= 0.6 is 0 Å². The van der Waals surface area contributed by atoms with Gasteiger partial charge in [0.1, 0.15) is 5.69 Å². The predicted octanol–water partition coefficient (Wildman–Crippen LogP) is 3.42. The number of aldehydes is 1. The van der Waals surface area contributed by atoms with E-state index in [0.717, 1.165) is 12.1 Å². The molecule has 0 unspecified atom stereocenters. The summed E-state index contributed by atoms with van der Waals surface area (Å²) < 4.78 is 0. The van der Waals surface area contributed by atoms with Crippen LogP contribution in [0.3, 0.4) is 0 Å². The molecule has 2 aromatic rings. The van der Waals surface area contributed by atoms with Crippen molar-refractivity contribution in [2.45, 2.75) is 26.2 Å². The van der Waals surface area contributed by atoms with Crippen LogP contribution in [0, 0.1) is 0 Å². The molecule has 0 aliphatic rings. The van der Waals surface area contributed by atoms with E-state index in [9.17, 15) is 9.59 Å². The Morgan fingerprint density at radius 3 is 2.65 bits per heavy atom. The molecule has 0 saturated carbocycles. The van der Waals surface area contributed by atoms with Gasteiger partial charge in [0.05, 0.1) is 0 Å². The molecule has 2 rings (SSSR count). The quantitative estimate of drug-likeness (QED) is 0.790. The maximum Gasteiger partial charge on any atom is 0.272 e. The minimum Gasteiger partial charge on any atom is -0.356 e. The first-order valence-electron chi connectivity index (χ1n) is 6.77. The molecule has 0 bridgehead atoms. The van der Waals surface area contributed by atoms with Gasteiger partial charge in [0, 0.05) is 17.4 Å². The van der Waals surface area contributed by atoms with Crippen LogP contribution in [0.5, 0.6) is 0 Å². The number of carbonyl (C=O) groups is 2. The second-order valence-corrected chi connectivity index (χ2v) is 4.72. The Hall–Kier alpha value is -2.36. The van der Waals surface area contributed by atoms with E-state index in [1.165, 1.54) is 30.7 Å². The van der Waals surface area contributed by atoms with Crippen LogP contribution < -0.4 is 5.32 Å².